The summed E-state index contributed by atoms with van der Waals surface area (Å²) in [6.45, 7) is 7.64. The predicted molar refractivity (Wildman–Crippen MR) is 68.7 cm³/mol. The van der Waals surface area contributed by atoms with Crippen LogP contribution in [0.25, 0.3) is 10.1 Å². The van der Waals surface area contributed by atoms with Gasteiger partial charge in [-0.25, -0.2) is 0 Å². The number of fused-ring (bicyclic) bond motifs is 1. The van der Waals surface area contributed by atoms with Crippen LogP contribution in [0.2, 0.25) is 0 Å². The first kappa shape index (κ1) is 10.7. The largest absolute Gasteiger partial charge is 0.310 e. The minimum atomic E-state index is 0.465. The quantitative estimate of drug-likeness (QED) is 0.826. The second kappa shape index (κ2) is 4.33. The van der Waals surface area contributed by atoms with Crippen molar-refractivity contribution < 1.29 is 0 Å². The van der Waals surface area contributed by atoms with Gasteiger partial charge in [0.15, 0.2) is 0 Å². The van der Waals surface area contributed by atoms with Crippen molar-refractivity contribution >= 4 is 21.4 Å². The number of hydrogen-bond acceptors (Lipinski definition) is 2. The third-order valence-corrected chi connectivity index (χ3v) is 4.24. The summed E-state index contributed by atoms with van der Waals surface area (Å²) in [5.41, 5.74) is 1.43. The molecule has 0 aliphatic rings. The lowest BCUT2D eigenvalue weighted by molar-refractivity contribution is 0.605. The molecule has 1 atom stereocenters. The number of aryl methyl sites for hydroxylation is 1. The Morgan fingerprint density at radius 2 is 2.07 bits per heavy atom. The molecule has 1 nitrogen and oxygen atoms in total. The number of nitrogens with one attached hydrogen (secondary N) is 1. The first-order valence-electron chi connectivity index (χ1n) is 5.45. The Balaban J connectivity index is 2.48. The summed E-state index contributed by atoms with van der Waals surface area (Å²) in [5.74, 6) is 0. The smallest absolute Gasteiger partial charge is 0.0389 e. The molecule has 1 unspecified atom stereocenters. The summed E-state index contributed by atoms with van der Waals surface area (Å²) in [7, 11) is 0. The van der Waals surface area contributed by atoms with Gasteiger partial charge in [-0.1, -0.05) is 25.1 Å². The SMILES string of the molecule is CCNC(C)c1sc2ccccc2c1C. The summed E-state index contributed by atoms with van der Waals surface area (Å²) in [6, 6.07) is 9.11. The van der Waals surface area contributed by atoms with E-state index in [1.807, 2.05) is 11.3 Å². The third-order valence-electron chi connectivity index (χ3n) is 2.78. The Morgan fingerprint density at radius 3 is 2.73 bits per heavy atom. The molecule has 0 radical (unpaired) electrons. The van der Waals surface area contributed by atoms with Crippen LogP contribution in [0.1, 0.15) is 30.3 Å². The molecule has 15 heavy (non-hydrogen) atoms. The van der Waals surface area contributed by atoms with Gasteiger partial charge in [0.05, 0.1) is 0 Å². The minimum absolute atomic E-state index is 0.465. The van der Waals surface area contributed by atoms with E-state index in [1.165, 1.54) is 20.5 Å². The lowest BCUT2D eigenvalue weighted by Gasteiger charge is -2.11. The van der Waals surface area contributed by atoms with E-state index in [-0.39, 0.29) is 0 Å². The average molecular weight is 219 g/mol. The molecule has 0 fully saturated rings. The number of thiophene rings is 1. The highest BCUT2D eigenvalue weighted by molar-refractivity contribution is 7.19. The van der Waals surface area contributed by atoms with Gasteiger partial charge >= 0.3 is 0 Å². The fraction of sp³-hybridized carbons (Fsp3) is 0.385. The molecular formula is C13H17NS. The van der Waals surface area contributed by atoms with E-state index >= 15 is 0 Å². The first-order chi connectivity index (χ1) is 7.24. The van der Waals surface area contributed by atoms with Crippen LogP contribution in [0.4, 0.5) is 0 Å². The molecule has 0 bridgehead atoms. The van der Waals surface area contributed by atoms with Crippen LogP contribution in [-0.4, -0.2) is 6.54 Å². The Kier molecular flexibility index (Phi) is 3.08. The highest BCUT2D eigenvalue weighted by atomic mass is 32.1. The molecule has 1 aromatic heterocycles. The van der Waals surface area contributed by atoms with Crippen molar-refractivity contribution in [3.8, 4) is 0 Å². The standard InChI is InChI=1S/C13H17NS/c1-4-14-10(3)13-9(2)11-7-5-6-8-12(11)15-13/h5-8,10,14H,4H2,1-3H3. The zero-order chi connectivity index (χ0) is 10.8. The van der Waals surface area contributed by atoms with Crippen LogP contribution >= 0.6 is 11.3 Å². The summed E-state index contributed by atoms with van der Waals surface area (Å²) >= 11 is 1.91. The lowest BCUT2D eigenvalue weighted by Crippen LogP contribution is -2.17. The van der Waals surface area contributed by atoms with Crippen LogP contribution in [-0.2, 0) is 0 Å². The highest BCUT2D eigenvalue weighted by Gasteiger charge is 2.12. The molecule has 80 valence electrons. The maximum atomic E-state index is 3.47. The van der Waals surface area contributed by atoms with Crippen LogP contribution in [0.15, 0.2) is 24.3 Å². The molecule has 2 aromatic rings. The van der Waals surface area contributed by atoms with Crippen molar-refractivity contribution in [3.05, 3.63) is 34.7 Å². The van der Waals surface area contributed by atoms with Gasteiger partial charge in [-0.05, 0) is 37.4 Å². The fourth-order valence-corrected chi connectivity index (χ4v) is 3.24. The Labute approximate surface area is 95.1 Å². The topological polar surface area (TPSA) is 12.0 Å². The third kappa shape index (κ3) is 1.92. The highest BCUT2D eigenvalue weighted by Crippen LogP contribution is 2.34. The van der Waals surface area contributed by atoms with Crippen molar-refractivity contribution in [3.63, 3.8) is 0 Å². The molecule has 0 saturated heterocycles. The minimum Gasteiger partial charge on any atom is -0.310 e. The van der Waals surface area contributed by atoms with Gasteiger partial charge in [0.25, 0.3) is 0 Å². The van der Waals surface area contributed by atoms with Gasteiger partial charge in [-0.3, -0.25) is 0 Å². The molecule has 0 saturated carbocycles. The Bertz CT molecular complexity index is 459. The zero-order valence-electron chi connectivity index (χ0n) is 9.50. The van der Waals surface area contributed by atoms with Gasteiger partial charge in [0.1, 0.15) is 0 Å². The van der Waals surface area contributed by atoms with Crippen molar-refractivity contribution in [2.24, 2.45) is 0 Å². The van der Waals surface area contributed by atoms with Gasteiger partial charge < -0.3 is 5.32 Å². The second-order valence-electron chi connectivity index (χ2n) is 3.87. The first-order valence-corrected chi connectivity index (χ1v) is 6.27. The molecule has 2 heteroatoms. The zero-order valence-corrected chi connectivity index (χ0v) is 10.3. The summed E-state index contributed by atoms with van der Waals surface area (Å²) < 4.78 is 1.40. The van der Waals surface area contributed by atoms with Gasteiger partial charge in [-0.2, -0.15) is 0 Å². The molecule has 0 aliphatic carbocycles. The van der Waals surface area contributed by atoms with E-state index in [4.69, 9.17) is 0 Å². The van der Waals surface area contributed by atoms with E-state index in [9.17, 15) is 0 Å². The average Bonchev–Trinajstić information content (AvgIpc) is 2.57. The molecule has 1 heterocycles. The molecule has 0 amide bonds. The van der Waals surface area contributed by atoms with Gasteiger partial charge in [-0.15, -0.1) is 11.3 Å². The molecule has 0 aliphatic heterocycles. The van der Waals surface area contributed by atoms with Crippen LogP contribution in [0.3, 0.4) is 0 Å². The summed E-state index contributed by atoms with van der Waals surface area (Å²) in [6.07, 6.45) is 0. The fourth-order valence-electron chi connectivity index (χ4n) is 2.01. The second-order valence-corrected chi connectivity index (χ2v) is 4.95. The van der Waals surface area contributed by atoms with Gasteiger partial charge in [0.2, 0.25) is 0 Å². The monoisotopic (exact) mass is 219 g/mol. The van der Waals surface area contributed by atoms with Crippen LogP contribution in [0, 0.1) is 6.92 Å². The van der Waals surface area contributed by atoms with Gasteiger partial charge in [0, 0.05) is 15.6 Å². The molecular weight excluding hydrogens is 202 g/mol. The summed E-state index contributed by atoms with van der Waals surface area (Å²) in [4.78, 5) is 1.47. The van der Waals surface area contributed by atoms with Crippen molar-refractivity contribution in [1.82, 2.24) is 5.32 Å². The maximum Gasteiger partial charge on any atom is 0.0389 e. The lowest BCUT2D eigenvalue weighted by atomic mass is 10.1. The van der Waals surface area contributed by atoms with E-state index in [0.717, 1.165) is 6.54 Å². The number of rotatable bonds is 3. The van der Waals surface area contributed by atoms with Crippen molar-refractivity contribution in [1.29, 1.82) is 0 Å². The van der Waals surface area contributed by atoms with E-state index in [1.54, 1.807) is 0 Å². The van der Waals surface area contributed by atoms with E-state index < -0.39 is 0 Å². The molecule has 2 rings (SSSR count). The van der Waals surface area contributed by atoms with Crippen molar-refractivity contribution in [2.45, 2.75) is 26.8 Å². The van der Waals surface area contributed by atoms with Crippen molar-refractivity contribution in [2.75, 3.05) is 6.54 Å². The maximum absolute atomic E-state index is 3.47. The van der Waals surface area contributed by atoms with E-state index in [0.29, 0.717) is 6.04 Å². The normalized spacial score (nSPS) is 13.3. The molecule has 0 spiro atoms. The summed E-state index contributed by atoms with van der Waals surface area (Å²) in [5, 5.41) is 4.88. The van der Waals surface area contributed by atoms with E-state index in [2.05, 4.69) is 50.4 Å². The molecule has 1 N–H and O–H groups in total. The number of hydrogen-bond donors (Lipinski definition) is 1. The van der Waals surface area contributed by atoms with Crippen LogP contribution in [0.5, 0.6) is 0 Å². The Morgan fingerprint density at radius 1 is 1.33 bits per heavy atom. The Hall–Kier alpha value is -0.860. The van der Waals surface area contributed by atoms with Crippen LogP contribution < -0.4 is 5.32 Å². The predicted octanol–water partition coefficient (Wildman–Crippen LogP) is 3.88. The number of benzene rings is 1. The molecule has 1 aromatic carbocycles.